The Morgan fingerprint density at radius 1 is 1.33 bits per heavy atom. The molecule has 0 fully saturated rings. The second-order valence-corrected chi connectivity index (χ2v) is 3.14. The van der Waals surface area contributed by atoms with Crippen molar-refractivity contribution in [3.63, 3.8) is 0 Å². The molecule has 3 nitrogen and oxygen atoms in total. The Balaban J connectivity index is 3.11. The minimum Gasteiger partial charge on any atom is -0.405 e. The number of alkyl halides is 3. The third-order valence-corrected chi connectivity index (χ3v) is 1.95. The van der Waals surface area contributed by atoms with E-state index in [0.717, 1.165) is 6.07 Å². The highest BCUT2D eigenvalue weighted by Gasteiger charge is 2.32. The normalized spacial score (nSPS) is 11.5. The van der Waals surface area contributed by atoms with Crippen LogP contribution in [0.1, 0.15) is 5.56 Å². The highest BCUT2D eigenvalue weighted by atomic mass is 35.5. The monoisotopic (exact) mass is 240 g/mol. The molecule has 0 aliphatic rings. The molecular formula is C8H8ClF3N2O. The van der Waals surface area contributed by atoms with Crippen LogP contribution in [-0.2, 0) is 6.54 Å². The van der Waals surface area contributed by atoms with Crippen LogP contribution in [0.5, 0.6) is 5.75 Å². The molecule has 1 aromatic carbocycles. The minimum absolute atomic E-state index is 0.00792. The number of benzene rings is 1. The molecule has 0 aliphatic carbocycles. The van der Waals surface area contributed by atoms with Gasteiger partial charge in [-0.25, -0.2) is 0 Å². The molecule has 0 radical (unpaired) electrons. The summed E-state index contributed by atoms with van der Waals surface area (Å²) in [7, 11) is 0. The van der Waals surface area contributed by atoms with E-state index < -0.39 is 12.1 Å². The van der Waals surface area contributed by atoms with Crippen molar-refractivity contribution < 1.29 is 17.9 Å². The van der Waals surface area contributed by atoms with Gasteiger partial charge >= 0.3 is 6.36 Å². The molecule has 0 bridgehead atoms. The molecule has 1 rings (SSSR count). The molecule has 15 heavy (non-hydrogen) atoms. The Hall–Kier alpha value is -1.14. The number of hydrogen-bond donors (Lipinski definition) is 2. The smallest absolute Gasteiger partial charge is 0.405 e. The van der Waals surface area contributed by atoms with Crippen LogP contribution < -0.4 is 16.2 Å². The van der Waals surface area contributed by atoms with Gasteiger partial charge in [0.05, 0.1) is 10.7 Å². The van der Waals surface area contributed by atoms with Gasteiger partial charge in [-0.05, 0) is 6.07 Å². The molecule has 0 saturated heterocycles. The molecule has 84 valence electrons. The van der Waals surface area contributed by atoms with Crippen LogP contribution in [0.3, 0.4) is 0 Å². The lowest BCUT2D eigenvalue weighted by atomic mass is 10.2. The molecule has 0 aliphatic heterocycles. The molecular weight excluding hydrogens is 233 g/mol. The summed E-state index contributed by atoms with van der Waals surface area (Å²) >= 11 is 5.56. The van der Waals surface area contributed by atoms with Crippen molar-refractivity contribution in [2.75, 3.05) is 5.73 Å². The second kappa shape index (κ2) is 4.16. The molecule has 7 heteroatoms. The molecule has 0 unspecified atom stereocenters. The van der Waals surface area contributed by atoms with Crippen molar-refractivity contribution in [1.29, 1.82) is 0 Å². The Bertz CT molecular complexity index is 368. The second-order valence-electron chi connectivity index (χ2n) is 2.73. The van der Waals surface area contributed by atoms with Gasteiger partial charge in [0, 0.05) is 18.2 Å². The average Bonchev–Trinajstić information content (AvgIpc) is 2.08. The molecule has 0 aromatic heterocycles. The summed E-state index contributed by atoms with van der Waals surface area (Å²) in [5.41, 5.74) is 11.0. The van der Waals surface area contributed by atoms with Crippen LogP contribution in [0, 0.1) is 0 Å². The molecule has 0 spiro atoms. The predicted molar refractivity (Wildman–Crippen MR) is 50.4 cm³/mol. The van der Waals surface area contributed by atoms with Gasteiger partial charge in [0.1, 0.15) is 5.75 Å². The summed E-state index contributed by atoms with van der Waals surface area (Å²) in [6.45, 7) is -0.118. The lowest BCUT2D eigenvalue weighted by Gasteiger charge is -2.13. The maximum atomic E-state index is 12.0. The van der Waals surface area contributed by atoms with Crippen LogP contribution in [0.2, 0.25) is 5.02 Å². The fraction of sp³-hybridized carbons (Fsp3) is 0.250. The van der Waals surface area contributed by atoms with E-state index in [1.54, 1.807) is 0 Å². The van der Waals surface area contributed by atoms with Crippen LogP contribution >= 0.6 is 11.6 Å². The Kier molecular flexibility index (Phi) is 3.31. The van der Waals surface area contributed by atoms with Crippen molar-refractivity contribution in [2.45, 2.75) is 12.9 Å². The highest BCUT2D eigenvalue weighted by molar-refractivity contribution is 6.33. The first-order chi connectivity index (χ1) is 6.83. The summed E-state index contributed by atoms with van der Waals surface area (Å²) in [4.78, 5) is 0. The zero-order chi connectivity index (χ0) is 11.6. The van der Waals surface area contributed by atoms with E-state index in [-0.39, 0.29) is 22.8 Å². The Morgan fingerprint density at radius 3 is 2.40 bits per heavy atom. The standard InChI is InChI=1S/C8H8ClF3N2O/c9-5-2-7(15-8(10,11)12)4(3-13)1-6(5)14/h1-2H,3,13-14H2. The zero-order valence-electron chi connectivity index (χ0n) is 7.44. The van der Waals surface area contributed by atoms with E-state index in [9.17, 15) is 13.2 Å². The van der Waals surface area contributed by atoms with Crippen molar-refractivity contribution in [3.05, 3.63) is 22.7 Å². The van der Waals surface area contributed by atoms with E-state index in [0.29, 0.717) is 0 Å². The van der Waals surface area contributed by atoms with Gasteiger partial charge in [-0.15, -0.1) is 13.2 Å². The van der Waals surface area contributed by atoms with Gasteiger partial charge in [-0.1, -0.05) is 11.6 Å². The number of rotatable bonds is 2. The average molecular weight is 241 g/mol. The van der Waals surface area contributed by atoms with Crippen LogP contribution in [-0.4, -0.2) is 6.36 Å². The van der Waals surface area contributed by atoms with E-state index in [2.05, 4.69) is 4.74 Å². The van der Waals surface area contributed by atoms with Gasteiger partial charge < -0.3 is 16.2 Å². The molecule has 0 atom stereocenters. The molecule has 4 N–H and O–H groups in total. The van der Waals surface area contributed by atoms with Gasteiger partial charge in [0.2, 0.25) is 0 Å². The Morgan fingerprint density at radius 2 is 1.93 bits per heavy atom. The number of hydrogen-bond acceptors (Lipinski definition) is 3. The van der Waals surface area contributed by atoms with E-state index >= 15 is 0 Å². The number of nitrogen functional groups attached to an aromatic ring is 1. The third kappa shape index (κ3) is 3.17. The lowest BCUT2D eigenvalue weighted by molar-refractivity contribution is -0.274. The molecule has 0 amide bonds. The van der Waals surface area contributed by atoms with Crippen LogP contribution in [0.25, 0.3) is 0 Å². The number of ether oxygens (including phenoxy) is 1. The van der Waals surface area contributed by atoms with E-state index in [1.165, 1.54) is 6.07 Å². The van der Waals surface area contributed by atoms with Gasteiger partial charge in [-0.3, -0.25) is 0 Å². The number of anilines is 1. The van der Waals surface area contributed by atoms with Crippen LogP contribution in [0.4, 0.5) is 18.9 Å². The van der Waals surface area contributed by atoms with Crippen LogP contribution in [0.15, 0.2) is 12.1 Å². The number of nitrogens with two attached hydrogens (primary N) is 2. The third-order valence-electron chi connectivity index (χ3n) is 1.63. The first-order valence-corrected chi connectivity index (χ1v) is 4.25. The van der Waals surface area contributed by atoms with Crippen molar-refractivity contribution in [1.82, 2.24) is 0 Å². The minimum atomic E-state index is -4.77. The largest absolute Gasteiger partial charge is 0.573 e. The first kappa shape index (κ1) is 11.9. The fourth-order valence-corrected chi connectivity index (χ4v) is 1.15. The first-order valence-electron chi connectivity index (χ1n) is 3.87. The van der Waals surface area contributed by atoms with Gasteiger partial charge in [-0.2, -0.15) is 0 Å². The fourth-order valence-electron chi connectivity index (χ4n) is 0.998. The predicted octanol–water partition coefficient (Wildman–Crippen LogP) is 2.28. The van der Waals surface area contributed by atoms with E-state index in [4.69, 9.17) is 23.1 Å². The zero-order valence-corrected chi connectivity index (χ0v) is 8.19. The quantitative estimate of drug-likeness (QED) is 0.780. The summed E-state index contributed by atoms with van der Waals surface area (Å²) in [6, 6.07) is 2.25. The summed E-state index contributed by atoms with van der Waals surface area (Å²) in [5, 5.41) is -0.00792. The van der Waals surface area contributed by atoms with Crippen molar-refractivity contribution in [2.24, 2.45) is 5.73 Å². The van der Waals surface area contributed by atoms with Crippen molar-refractivity contribution >= 4 is 17.3 Å². The lowest BCUT2D eigenvalue weighted by Crippen LogP contribution is -2.19. The summed E-state index contributed by atoms with van der Waals surface area (Å²) in [5.74, 6) is -0.427. The Labute approximate surface area is 88.8 Å². The van der Waals surface area contributed by atoms with Gasteiger partial charge in [0.25, 0.3) is 0 Å². The highest BCUT2D eigenvalue weighted by Crippen LogP contribution is 2.32. The summed E-state index contributed by atoms with van der Waals surface area (Å²) < 4.78 is 39.6. The maximum absolute atomic E-state index is 12.0. The van der Waals surface area contributed by atoms with Crippen molar-refractivity contribution in [3.8, 4) is 5.75 Å². The SMILES string of the molecule is NCc1cc(N)c(Cl)cc1OC(F)(F)F. The number of halogens is 4. The molecule has 0 saturated carbocycles. The molecule has 1 aromatic rings. The van der Waals surface area contributed by atoms with Gasteiger partial charge in [0.15, 0.2) is 0 Å². The maximum Gasteiger partial charge on any atom is 0.573 e. The summed E-state index contributed by atoms with van der Waals surface area (Å²) in [6.07, 6.45) is -4.77. The molecule has 0 heterocycles. The van der Waals surface area contributed by atoms with E-state index in [1.807, 2.05) is 0 Å². The topological polar surface area (TPSA) is 61.3 Å².